The Bertz CT molecular complexity index is 1210. The van der Waals surface area contributed by atoms with Crippen LogP contribution < -0.4 is 10.1 Å². The van der Waals surface area contributed by atoms with Gasteiger partial charge in [0.25, 0.3) is 5.91 Å². The number of carbonyl (C=O) groups is 1. The third kappa shape index (κ3) is 4.74. The minimum atomic E-state index is -0.371. The zero-order valence-electron chi connectivity index (χ0n) is 17.1. The first-order valence-corrected chi connectivity index (χ1v) is 10.4. The lowest BCUT2D eigenvalue weighted by atomic mass is 9.99. The van der Waals surface area contributed by atoms with Crippen molar-refractivity contribution in [1.29, 1.82) is 0 Å². The van der Waals surface area contributed by atoms with Crippen molar-refractivity contribution in [3.05, 3.63) is 100 Å². The molecule has 1 heterocycles. The zero-order chi connectivity index (χ0) is 21.8. The average molecular weight is 437 g/mol. The Labute approximate surface area is 187 Å². The monoisotopic (exact) mass is 436 g/mol. The minimum absolute atomic E-state index is 0. The maximum atomic E-state index is 13.2. The quantitative estimate of drug-likeness (QED) is 0.336. The highest BCUT2D eigenvalue weighted by atomic mass is 35.5. The fourth-order valence-electron chi connectivity index (χ4n) is 3.74. The van der Waals surface area contributed by atoms with Crippen LogP contribution in [0.4, 0.5) is 0 Å². The largest absolute Gasteiger partial charge is 0.468 e. The molecule has 0 bridgehead atoms. The highest BCUT2D eigenvalue weighted by molar-refractivity contribution is 6.30. The van der Waals surface area contributed by atoms with Crippen LogP contribution in [0.25, 0.3) is 10.9 Å². The Morgan fingerprint density at radius 1 is 1.16 bits per heavy atom. The Hall–Kier alpha value is -3.28. The number of amides is 1. The van der Waals surface area contributed by atoms with Gasteiger partial charge in [0.05, 0.1) is 6.04 Å². The van der Waals surface area contributed by atoms with Gasteiger partial charge in [-0.15, -0.1) is 0 Å². The number of carbonyl (C=O) groups excluding carboxylic acids is 1. The Kier molecular flexibility index (Phi) is 6.26. The maximum Gasteiger partial charge on any atom is 0.252 e. The lowest BCUT2D eigenvalue weighted by Crippen LogP contribution is -2.26. The summed E-state index contributed by atoms with van der Waals surface area (Å²) in [6.45, 7) is 1.56. The molecule has 31 heavy (non-hydrogen) atoms. The van der Waals surface area contributed by atoms with Gasteiger partial charge in [0.2, 0.25) is 0 Å². The first-order chi connectivity index (χ1) is 15.0. The third-order valence-corrected chi connectivity index (χ3v) is 5.51. The fourth-order valence-corrected chi connectivity index (χ4v) is 3.95. The second kappa shape index (κ2) is 9.25. The molecule has 0 fully saturated rings. The van der Waals surface area contributed by atoms with Crippen molar-refractivity contribution >= 4 is 28.4 Å². The number of aromatic amines is 1. The summed E-state index contributed by atoms with van der Waals surface area (Å²) in [6.07, 6.45) is 2.62. The van der Waals surface area contributed by atoms with Crippen LogP contribution >= 0.6 is 11.6 Å². The van der Waals surface area contributed by atoms with E-state index in [0.29, 0.717) is 22.8 Å². The van der Waals surface area contributed by atoms with Gasteiger partial charge in [-0.1, -0.05) is 41.9 Å². The van der Waals surface area contributed by atoms with Gasteiger partial charge in [-0.2, -0.15) is 0 Å². The van der Waals surface area contributed by atoms with Crippen LogP contribution in [0.2, 0.25) is 5.02 Å². The number of H-pyrrole nitrogens is 1. The van der Waals surface area contributed by atoms with E-state index in [9.17, 15) is 4.79 Å². The van der Waals surface area contributed by atoms with Crippen molar-refractivity contribution in [2.24, 2.45) is 0 Å². The number of ether oxygens (including phenoxy) is 1. The number of rotatable bonds is 7. The van der Waals surface area contributed by atoms with Crippen molar-refractivity contribution in [2.45, 2.75) is 19.4 Å². The van der Waals surface area contributed by atoms with Gasteiger partial charge >= 0.3 is 0 Å². The van der Waals surface area contributed by atoms with Crippen LogP contribution in [-0.4, -0.2) is 22.8 Å². The summed E-state index contributed by atoms with van der Waals surface area (Å²) in [5.74, 6) is 0.438. The van der Waals surface area contributed by atoms with Crippen LogP contribution in [0, 0.1) is 0 Å². The van der Waals surface area contributed by atoms with Crippen molar-refractivity contribution < 1.29 is 16.1 Å². The Balaban J connectivity index is 0.00000289. The number of nitrogens with one attached hydrogen (secondary N) is 2. The van der Waals surface area contributed by atoms with Crippen LogP contribution in [0.15, 0.2) is 72.9 Å². The van der Waals surface area contributed by atoms with Crippen molar-refractivity contribution in [3.8, 4) is 5.75 Å². The highest BCUT2D eigenvalue weighted by Gasteiger charge is 2.17. The minimum Gasteiger partial charge on any atom is -0.468 e. The number of aliphatic hydroxyl groups excluding tert-OH is 1. The molecule has 3 N–H and O–H groups in total. The molecule has 6 heteroatoms. The molecule has 0 saturated heterocycles. The average Bonchev–Trinajstić information content (AvgIpc) is 3.17. The molecule has 3 aromatic carbocycles. The number of hydrogen-bond donors (Lipinski definition) is 3. The molecule has 0 spiro atoms. The molecule has 0 aliphatic carbocycles. The Morgan fingerprint density at radius 3 is 2.68 bits per heavy atom. The van der Waals surface area contributed by atoms with Gasteiger partial charge in [0.15, 0.2) is 6.79 Å². The lowest BCUT2D eigenvalue weighted by molar-refractivity contribution is 0.0941. The van der Waals surface area contributed by atoms with Crippen LogP contribution in [0.5, 0.6) is 5.75 Å². The second-order valence-corrected chi connectivity index (χ2v) is 7.82. The van der Waals surface area contributed by atoms with E-state index in [2.05, 4.69) is 10.3 Å². The summed E-state index contributed by atoms with van der Waals surface area (Å²) in [6, 6.07) is 20.5. The van der Waals surface area contributed by atoms with Crippen LogP contribution in [-0.2, 0) is 6.42 Å². The topological polar surface area (TPSA) is 74.4 Å². The molecule has 0 aliphatic heterocycles. The van der Waals surface area contributed by atoms with Crippen molar-refractivity contribution in [1.82, 2.24) is 10.3 Å². The molecule has 5 nitrogen and oxygen atoms in total. The molecule has 4 aromatic rings. The first kappa shape index (κ1) is 21.0. The maximum absolute atomic E-state index is 13.2. The normalized spacial score (nSPS) is 12.0. The smallest absolute Gasteiger partial charge is 0.252 e. The predicted octanol–water partition coefficient (Wildman–Crippen LogP) is 5.48. The van der Waals surface area contributed by atoms with E-state index in [1.807, 2.05) is 67.7 Å². The SMILES string of the molecule is C[C@H](NC(=O)c1cccc2[nH]cc(Cc3cccc(Cl)c3)c12)c1ccc(OCO)cc1.[HH]. The second-order valence-electron chi connectivity index (χ2n) is 7.39. The van der Waals surface area contributed by atoms with Gasteiger partial charge in [0.1, 0.15) is 5.75 Å². The molecule has 1 atom stereocenters. The molecule has 0 saturated carbocycles. The zero-order valence-corrected chi connectivity index (χ0v) is 17.8. The lowest BCUT2D eigenvalue weighted by Gasteiger charge is -2.16. The molecule has 160 valence electrons. The third-order valence-electron chi connectivity index (χ3n) is 5.27. The van der Waals surface area contributed by atoms with Gasteiger partial charge in [-0.3, -0.25) is 4.79 Å². The predicted molar refractivity (Wildman–Crippen MR) is 125 cm³/mol. The molecular formula is C25H25ClN2O3. The summed E-state index contributed by atoms with van der Waals surface area (Å²) >= 11 is 6.14. The van der Waals surface area contributed by atoms with Crippen LogP contribution in [0.1, 0.15) is 41.4 Å². The fraction of sp³-hybridized carbons (Fsp3) is 0.160. The number of fused-ring (bicyclic) bond motifs is 1. The van der Waals surface area contributed by atoms with Crippen molar-refractivity contribution in [2.75, 3.05) is 6.79 Å². The van der Waals surface area contributed by atoms with Gasteiger partial charge in [-0.05, 0) is 66.4 Å². The molecule has 4 rings (SSSR count). The summed E-state index contributed by atoms with van der Waals surface area (Å²) in [4.78, 5) is 16.4. The van der Waals surface area contributed by atoms with Gasteiger partial charge in [0, 0.05) is 29.1 Å². The molecular weight excluding hydrogens is 412 g/mol. The number of benzene rings is 3. The van der Waals surface area contributed by atoms with E-state index in [4.69, 9.17) is 21.4 Å². The Morgan fingerprint density at radius 2 is 1.94 bits per heavy atom. The molecule has 1 amide bonds. The number of aromatic nitrogens is 1. The summed E-state index contributed by atoms with van der Waals surface area (Å²) < 4.78 is 5.06. The van der Waals surface area contributed by atoms with E-state index in [-0.39, 0.29) is 20.2 Å². The van der Waals surface area contributed by atoms with E-state index in [1.54, 1.807) is 12.1 Å². The van der Waals surface area contributed by atoms with Gasteiger partial charge < -0.3 is 20.1 Å². The van der Waals surface area contributed by atoms with Crippen molar-refractivity contribution in [3.63, 3.8) is 0 Å². The van der Waals surface area contributed by atoms with E-state index >= 15 is 0 Å². The first-order valence-electron chi connectivity index (χ1n) is 10.0. The molecule has 0 unspecified atom stereocenters. The standard InChI is InChI=1S/C25H23ClN2O3.H2/c1-16(18-8-10-21(11-9-18)31-15-29)28-25(30)22-6-3-7-23-24(22)19(14-27-23)12-17-4-2-5-20(26)13-17;/h2-11,13-14,16,27,29H,12,15H2,1H3,(H,28,30);1H/t16-;/m0./s1. The van der Waals surface area contributed by atoms with E-state index < -0.39 is 0 Å². The number of hydrogen-bond acceptors (Lipinski definition) is 3. The van der Waals surface area contributed by atoms with E-state index in [0.717, 1.165) is 27.6 Å². The van der Waals surface area contributed by atoms with Crippen LogP contribution in [0.3, 0.4) is 0 Å². The van der Waals surface area contributed by atoms with Gasteiger partial charge in [-0.25, -0.2) is 0 Å². The van der Waals surface area contributed by atoms with E-state index in [1.165, 1.54) is 0 Å². The summed E-state index contributed by atoms with van der Waals surface area (Å²) in [5.41, 5.74) is 4.62. The number of aliphatic hydroxyl groups is 1. The summed E-state index contributed by atoms with van der Waals surface area (Å²) in [5, 5.41) is 13.5. The molecule has 0 aliphatic rings. The molecule has 1 aromatic heterocycles. The number of halogens is 1. The highest BCUT2D eigenvalue weighted by Crippen LogP contribution is 2.27. The summed E-state index contributed by atoms with van der Waals surface area (Å²) in [7, 11) is 0. The molecule has 0 radical (unpaired) electrons.